The molecule has 0 fully saturated rings. The SMILES string of the molecule is CCOc1cscc1OCF.F. The maximum atomic E-state index is 11.7. The normalized spacial score (nSPS) is 8.83. The Labute approximate surface area is 73.3 Å². The summed E-state index contributed by atoms with van der Waals surface area (Å²) in [5.74, 6) is 1.11. The fraction of sp³-hybridized carbons (Fsp3) is 0.429. The Morgan fingerprint density at radius 1 is 1.33 bits per heavy atom. The zero-order chi connectivity index (χ0) is 8.10. The molecule has 0 atom stereocenters. The van der Waals surface area contributed by atoms with Crippen molar-refractivity contribution in [1.82, 2.24) is 0 Å². The quantitative estimate of drug-likeness (QED) is 0.737. The number of halogens is 2. The Kier molecular flexibility index (Phi) is 5.36. The summed E-state index contributed by atoms with van der Waals surface area (Å²) < 4.78 is 21.5. The van der Waals surface area contributed by atoms with Gasteiger partial charge in [-0.1, -0.05) is 0 Å². The minimum atomic E-state index is -0.809. The second-order valence-corrected chi connectivity index (χ2v) is 2.53. The van der Waals surface area contributed by atoms with Crippen molar-refractivity contribution in [3.8, 4) is 11.5 Å². The van der Waals surface area contributed by atoms with Crippen LogP contribution in [0.15, 0.2) is 10.8 Å². The summed E-state index contributed by atoms with van der Waals surface area (Å²) in [5, 5.41) is 3.50. The molecule has 1 aromatic rings. The molecule has 0 aliphatic heterocycles. The van der Waals surface area contributed by atoms with E-state index in [9.17, 15) is 4.39 Å². The molecule has 12 heavy (non-hydrogen) atoms. The van der Waals surface area contributed by atoms with E-state index in [0.717, 1.165) is 0 Å². The van der Waals surface area contributed by atoms with Crippen molar-refractivity contribution in [1.29, 1.82) is 0 Å². The summed E-state index contributed by atoms with van der Waals surface area (Å²) in [6.07, 6.45) is 0. The summed E-state index contributed by atoms with van der Waals surface area (Å²) in [6, 6.07) is 0. The Morgan fingerprint density at radius 2 is 1.92 bits per heavy atom. The second kappa shape index (κ2) is 5.77. The monoisotopic (exact) mass is 196 g/mol. The highest BCUT2D eigenvalue weighted by Crippen LogP contribution is 2.31. The van der Waals surface area contributed by atoms with E-state index in [2.05, 4.69) is 4.74 Å². The van der Waals surface area contributed by atoms with Gasteiger partial charge in [0.25, 0.3) is 0 Å². The van der Waals surface area contributed by atoms with Crippen molar-refractivity contribution in [2.24, 2.45) is 0 Å². The Hall–Kier alpha value is -0.840. The standard InChI is InChI=1S/C7H9FO2S.FH/c1-2-9-6-3-11-4-7(6)10-5-8;/h3-4H,2,5H2,1H3;1H. The Balaban J connectivity index is 0.00000121. The highest BCUT2D eigenvalue weighted by Gasteiger charge is 2.04. The third-order valence-corrected chi connectivity index (χ3v) is 1.80. The van der Waals surface area contributed by atoms with Crippen LogP contribution in [0.4, 0.5) is 9.09 Å². The topological polar surface area (TPSA) is 18.5 Å². The fourth-order valence-electron chi connectivity index (χ4n) is 0.698. The van der Waals surface area contributed by atoms with E-state index in [1.165, 1.54) is 11.3 Å². The van der Waals surface area contributed by atoms with Gasteiger partial charge in [0.05, 0.1) is 6.61 Å². The summed E-state index contributed by atoms with van der Waals surface area (Å²) in [6.45, 7) is 1.63. The molecule has 1 aromatic heterocycles. The summed E-state index contributed by atoms with van der Waals surface area (Å²) in [4.78, 5) is 0. The summed E-state index contributed by atoms with van der Waals surface area (Å²) in [5.41, 5.74) is 0. The van der Waals surface area contributed by atoms with Crippen LogP contribution >= 0.6 is 11.3 Å². The van der Waals surface area contributed by atoms with Crippen LogP contribution in [0.5, 0.6) is 11.5 Å². The van der Waals surface area contributed by atoms with E-state index < -0.39 is 6.86 Å². The average Bonchev–Trinajstić information content (AvgIpc) is 2.39. The van der Waals surface area contributed by atoms with Gasteiger partial charge >= 0.3 is 0 Å². The molecule has 0 aliphatic carbocycles. The van der Waals surface area contributed by atoms with E-state index in [-0.39, 0.29) is 4.70 Å². The molecule has 5 heteroatoms. The second-order valence-electron chi connectivity index (χ2n) is 1.79. The Bertz CT molecular complexity index is 194. The number of alkyl halides is 1. The largest absolute Gasteiger partial charge is 0.489 e. The number of rotatable bonds is 4. The molecule has 0 aliphatic rings. The first kappa shape index (κ1) is 11.2. The average molecular weight is 196 g/mol. The molecule has 0 aromatic carbocycles. The zero-order valence-corrected chi connectivity index (χ0v) is 7.40. The van der Waals surface area contributed by atoms with E-state index in [1.54, 1.807) is 10.8 Å². The van der Waals surface area contributed by atoms with E-state index >= 15 is 0 Å². The molecule has 0 saturated heterocycles. The highest BCUT2D eigenvalue weighted by molar-refractivity contribution is 7.08. The number of thiophene rings is 1. The molecule has 0 bridgehead atoms. The van der Waals surface area contributed by atoms with Gasteiger partial charge in [-0.15, -0.1) is 11.3 Å². The molecule has 0 amide bonds. The number of hydrogen-bond donors (Lipinski definition) is 0. The van der Waals surface area contributed by atoms with Crippen LogP contribution in [-0.4, -0.2) is 13.5 Å². The lowest BCUT2D eigenvalue weighted by Gasteiger charge is -2.02. The minimum absolute atomic E-state index is 0. The van der Waals surface area contributed by atoms with Crippen molar-refractivity contribution in [3.05, 3.63) is 10.8 Å². The predicted octanol–water partition coefficient (Wildman–Crippen LogP) is 2.61. The van der Waals surface area contributed by atoms with Crippen LogP contribution in [0.3, 0.4) is 0 Å². The first-order valence-electron chi connectivity index (χ1n) is 3.26. The fourth-order valence-corrected chi connectivity index (χ4v) is 1.38. The zero-order valence-electron chi connectivity index (χ0n) is 6.58. The lowest BCUT2D eigenvalue weighted by atomic mass is 10.5. The first-order valence-corrected chi connectivity index (χ1v) is 4.20. The maximum absolute atomic E-state index is 11.7. The van der Waals surface area contributed by atoms with E-state index in [1.807, 2.05) is 6.92 Å². The van der Waals surface area contributed by atoms with Crippen LogP contribution in [0.2, 0.25) is 0 Å². The lowest BCUT2D eigenvalue weighted by Crippen LogP contribution is -1.94. The molecule has 0 spiro atoms. The third-order valence-electron chi connectivity index (χ3n) is 1.10. The van der Waals surface area contributed by atoms with Crippen LogP contribution in [0.25, 0.3) is 0 Å². The molecule has 2 nitrogen and oxygen atoms in total. The first-order chi connectivity index (χ1) is 5.38. The van der Waals surface area contributed by atoms with Gasteiger partial charge in [-0.05, 0) is 6.92 Å². The van der Waals surface area contributed by atoms with Crippen molar-refractivity contribution >= 4 is 11.3 Å². The van der Waals surface area contributed by atoms with Crippen molar-refractivity contribution in [2.75, 3.05) is 13.5 Å². The maximum Gasteiger partial charge on any atom is 0.228 e. The van der Waals surface area contributed by atoms with Gasteiger partial charge < -0.3 is 9.47 Å². The van der Waals surface area contributed by atoms with Gasteiger partial charge in [-0.3, -0.25) is 4.70 Å². The molecule has 0 saturated carbocycles. The third kappa shape index (κ3) is 2.65. The van der Waals surface area contributed by atoms with Crippen LogP contribution < -0.4 is 9.47 Å². The van der Waals surface area contributed by atoms with Gasteiger partial charge in [-0.25, -0.2) is 4.39 Å². The van der Waals surface area contributed by atoms with E-state index in [0.29, 0.717) is 18.1 Å². The molecule has 70 valence electrons. The van der Waals surface area contributed by atoms with E-state index in [4.69, 9.17) is 4.74 Å². The molecular weight excluding hydrogens is 186 g/mol. The summed E-state index contributed by atoms with van der Waals surface area (Å²) in [7, 11) is 0. The van der Waals surface area contributed by atoms with Crippen molar-refractivity contribution in [2.45, 2.75) is 6.92 Å². The Morgan fingerprint density at radius 3 is 2.42 bits per heavy atom. The number of hydrogen-bond acceptors (Lipinski definition) is 3. The van der Waals surface area contributed by atoms with Gasteiger partial charge in [0, 0.05) is 10.8 Å². The van der Waals surface area contributed by atoms with Crippen molar-refractivity contribution < 1.29 is 18.6 Å². The number of ether oxygens (including phenoxy) is 2. The van der Waals surface area contributed by atoms with Crippen LogP contribution in [-0.2, 0) is 0 Å². The molecule has 1 rings (SSSR count). The van der Waals surface area contributed by atoms with Crippen LogP contribution in [0.1, 0.15) is 6.92 Å². The van der Waals surface area contributed by atoms with Gasteiger partial charge in [0.15, 0.2) is 11.5 Å². The molecule has 0 unspecified atom stereocenters. The highest BCUT2D eigenvalue weighted by atomic mass is 32.1. The summed E-state index contributed by atoms with van der Waals surface area (Å²) >= 11 is 1.43. The molecule has 0 radical (unpaired) electrons. The van der Waals surface area contributed by atoms with Gasteiger partial charge in [-0.2, -0.15) is 0 Å². The molecule has 0 N–H and O–H groups in total. The minimum Gasteiger partial charge on any atom is -0.489 e. The smallest absolute Gasteiger partial charge is 0.228 e. The van der Waals surface area contributed by atoms with Crippen LogP contribution in [0, 0.1) is 0 Å². The predicted molar refractivity (Wildman–Crippen MR) is 44.6 cm³/mol. The van der Waals surface area contributed by atoms with Gasteiger partial charge in [0.1, 0.15) is 0 Å². The molecular formula is C7H10F2O2S. The van der Waals surface area contributed by atoms with Crippen molar-refractivity contribution in [3.63, 3.8) is 0 Å². The van der Waals surface area contributed by atoms with Gasteiger partial charge in [0.2, 0.25) is 6.86 Å². The lowest BCUT2D eigenvalue weighted by molar-refractivity contribution is 0.183. The molecule has 1 heterocycles.